The fraction of sp³-hybridized carbons (Fsp3) is 0.579. The van der Waals surface area contributed by atoms with E-state index in [1.165, 1.54) is 12.1 Å². The SMILES string of the molecule is CCNC(=NCc1cc(Cl)ccc1OC(F)F)NC1CCN(CC(=O)NC)CC1.I. The first-order valence-electron chi connectivity index (χ1n) is 9.62. The van der Waals surface area contributed by atoms with Gasteiger partial charge in [0.2, 0.25) is 5.91 Å². The Labute approximate surface area is 198 Å². The monoisotopic (exact) mass is 559 g/mol. The second-order valence-electron chi connectivity index (χ2n) is 6.69. The van der Waals surface area contributed by atoms with Gasteiger partial charge in [-0.15, -0.1) is 24.0 Å². The highest BCUT2D eigenvalue weighted by molar-refractivity contribution is 14.0. The van der Waals surface area contributed by atoms with Crippen LogP contribution in [-0.4, -0.2) is 62.6 Å². The van der Waals surface area contributed by atoms with E-state index < -0.39 is 6.61 Å². The van der Waals surface area contributed by atoms with E-state index in [2.05, 4.69) is 30.6 Å². The molecule has 1 aromatic rings. The molecular formula is C19H29ClF2IN5O2. The number of amides is 1. The molecule has 30 heavy (non-hydrogen) atoms. The minimum Gasteiger partial charge on any atom is -0.434 e. The van der Waals surface area contributed by atoms with Gasteiger partial charge in [0.1, 0.15) is 5.75 Å². The number of carbonyl (C=O) groups excluding carboxylic acids is 1. The molecule has 0 bridgehead atoms. The third-order valence-electron chi connectivity index (χ3n) is 4.56. The van der Waals surface area contributed by atoms with Crippen molar-refractivity contribution in [2.45, 2.75) is 39.0 Å². The van der Waals surface area contributed by atoms with Crippen LogP contribution in [0.2, 0.25) is 5.02 Å². The van der Waals surface area contributed by atoms with Crippen LogP contribution in [0.3, 0.4) is 0 Å². The van der Waals surface area contributed by atoms with E-state index >= 15 is 0 Å². The Bertz CT molecular complexity index is 704. The Balaban J connectivity index is 0.00000450. The summed E-state index contributed by atoms with van der Waals surface area (Å²) in [6.07, 6.45) is 1.75. The average molecular weight is 560 g/mol. The molecule has 1 saturated heterocycles. The largest absolute Gasteiger partial charge is 0.434 e. The lowest BCUT2D eigenvalue weighted by molar-refractivity contribution is -0.122. The maximum absolute atomic E-state index is 12.6. The molecule has 0 atom stereocenters. The number of guanidine groups is 1. The lowest BCUT2D eigenvalue weighted by Gasteiger charge is -2.32. The van der Waals surface area contributed by atoms with E-state index in [1.54, 1.807) is 13.1 Å². The number of piperidine rings is 1. The highest BCUT2D eigenvalue weighted by Gasteiger charge is 2.21. The lowest BCUT2D eigenvalue weighted by Crippen LogP contribution is -2.50. The Morgan fingerprint density at radius 1 is 1.37 bits per heavy atom. The van der Waals surface area contributed by atoms with Crippen molar-refractivity contribution in [1.82, 2.24) is 20.9 Å². The third kappa shape index (κ3) is 9.17. The number of nitrogens with one attached hydrogen (secondary N) is 3. The van der Waals surface area contributed by atoms with Crippen LogP contribution in [0, 0.1) is 0 Å². The molecule has 11 heteroatoms. The maximum Gasteiger partial charge on any atom is 0.387 e. The Morgan fingerprint density at radius 3 is 2.67 bits per heavy atom. The van der Waals surface area contributed by atoms with Gasteiger partial charge >= 0.3 is 6.61 Å². The van der Waals surface area contributed by atoms with E-state index in [4.69, 9.17) is 11.6 Å². The smallest absolute Gasteiger partial charge is 0.387 e. The van der Waals surface area contributed by atoms with Gasteiger partial charge in [0, 0.05) is 43.3 Å². The number of alkyl halides is 2. The molecule has 1 heterocycles. The number of halogens is 4. The highest BCUT2D eigenvalue weighted by atomic mass is 127. The van der Waals surface area contributed by atoms with Crippen LogP contribution in [0.15, 0.2) is 23.2 Å². The molecule has 3 N–H and O–H groups in total. The van der Waals surface area contributed by atoms with Crippen molar-refractivity contribution in [3.05, 3.63) is 28.8 Å². The number of rotatable bonds is 8. The standard InChI is InChI=1S/C19H28ClF2N5O2.HI/c1-3-24-19(26-15-6-8-27(9-7-15)12-17(28)23-2)25-11-13-10-14(20)4-5-16(13)29-18(21)22;/h4-5,10,15,18H,3,6-9,11-12H2,1-2H3,(H,23,28)(H2,24,25,26);1H. The molecule has 0 aromatic heterocycles. The third-order valence-corrected chi connectivity index (χ3v) is 4.80. The van der Waals surface area contributed by atoms with E-state index in [0.717, 1.165) is 25.9 Å². The fourth-order valence-corrected chi connectivity index (χ4v) is 3.27. The van der Waals surface area contributed by atoms with Gasteiger partial charge in [-0.3, -0.25) is 9.69 Å². The zero-order valence-electron chi connectivity index (χ0n) is 17.1. The van der Waals surface area contributed by atoms with E-state index in [9.17, 15) is 13.6 Å². The molecule has 1 fully saturated rings. The summed E-state index contributed by atoms with van der Waals surface area (Å²) in [5.74, 6) is 0.668. The molecule has 0 unspecified atom stereocenters. The average Bonchev–Trinajstić information content (AvgIpc) is 2.69. The summed E-state index contributed by atoms with van der Waals surface area (Å²) in [7, 11) is 1.63. The molecule has 1 aromatic carbocycles. The summed E-state index contributed by atoms with van der Waals surface area (Å²) in [5, 5.41) is 9.61. The molecule has 1 aliphatic rings. The van der Waals surface area contributed by atoms with Gasteiger partial charge in [0.15, 0.2) is 5.96 Å². The normalized spacial score (nSPS) is 15.5. The van der Waals surface area contributed by atoms with Crippen LogP contribution in [-0.2, 0) is 11.3 Å². The zero-order valence-corrected chi connectivity index (χ0v) is 20.2. The fourth-order valence-electron chi connectivity index (χ4n) is 3.08. The van der Waals surface area contributed by atoms with Crippen LogP contribution in [0.5, 0.6) is 5.75 Å². The predicted molar refractivity (Wildman–Crippen MR) is 125 cm³/mol. The van der Waals surface area contributed by atoms with E-state index in [1.807, 2.05) is 6.92 Å². The van der Waals surface area contributed by atoms with Gasteiger partial charge < -0.3 is 20.7 Å². The van der Waals surface area contributed by atoms with Gasteiger partial charge in [-0.2, -0.15) is 8.78 Å². The van der Waals surface area contributed by atoms with Crippen molar-refractivity contribution in [3.8, 4) is 5.75 Å². The van der Waals surface area contributed by atoms with Gasteiger partial charge in [-0.25, -0.2) is 4.99 Å². The summed E-state index contributed by atoms with van der Waals surface area (Å²) in [6.45, 7) is 1.87. The van der Waals surface area contributed by atoms with Crippen molar-refractivity contribution in [1.29, 1.82) is 0 Å². The zero-order chi connectivity index (χ0) is 21.2. The van der Waals surface area contributed by atoms with Gasteiger partial charge in [-0.1, -0.05) is 11.6 Å². The summed E-state index contributed by atoms with van der Waals surface area (Å²) in [4.78, 5) is 18.1. The number of ether oxygens (including phenoxy) is 1. The minimum absolute atomic E-state index is 0. The molecule has 2 rings (SSSR count). The van der Waals surface area contributed by atoms with Crippen molar-refractivity contribution >= 4 is 47.4 Å². The summed E-state index contributed by atoms with van der Waals surface area (Å²) in [5.41, 5.74) is 0.482. The number of hydrogen-bond donors (Lipinski definition) is 3. The number of likely N-dealkylation sites (N-methyl/N-ethyl adjacent to an activating group) is 1. The van der Waals surface area contributed by atoms with Crippen molar-refractivity contribution in [3.63, 3.8) is 0 Å². The Kier molecular flexibility index (Phi) is 12.3. The van der Waals surface area contributed by atoms with Crippen LogP contribution in [0.25, 0.3) is 0 Å². The number of carbonyl (C=O) groups is 1. The van der Waals surface area contributed by atoms with E-state index in [-0.39, 0.29) is 48.2 Å². The molecule has 0 spiro atoms. The number of benzene rings is 1. The Hall–Kier alpha value is -1.40. The van der Waals surface area contributed by atoms with Crippen LogP contribution in [0.1, 0.15) is 25.3 Å². The van der Waals surface area contributed by atoms with E-state index in [0.29, 0.717) is 29.6 Å². The molecule has 170 valence electrons. The van der Waals surface area contributed by atoms with Gasteiger partial charge in [0.05, 0.1) is 13.1 Å². The summed E-state index contributed by atoms with van der Waals surface area (Å²) >= 11 is 5.99. The Morgan fingerprint density at radius 2 is 2.07 bits per heavy atom. The van der Waals surface area contributed by atoms with Crippen LogP contribution in [0.4, 0.5) is 8.78 Å². The maximum atomic E-state index is 12.6. The first-order chi connectivity index (χ1) is 13.9. The van der Waals surface area contributed by atoms with Gasteiger partial charge in [0.25, 0.3) is 0 Å². The molecule has 0 saturated carbocycles. The second-order valence-corrected chi connectivity index (χ2v) is 7.13. The topological polar surface area (TPSA) is 78.0 Å². The van der Waals surface area contributed by atoms with Crippen molar-refractivity contribution in [2.75, 3.05) is 33.2 Å². The van der Waals surface area contributed by atoms with Gasteiger partial charge in [-0.05, 0) is 38.0 Å². The molecular weight excluding hydrogens is 531 g/mol. The summed E-state index contributed by atoms with van der Waals surface area (Å²) < 4.78 is 29.8. The minimum atomic E-state index is -2.91. The first-order valence-corrected chi connectivity index (χ1v) is 10.00. The first kappa shape index (κ1) is 26.6. The van der Waals surface area contributed by atoms with Crippen molar-refractivity contribution in [2.24, 2.45) is 4.99 Å². The van der Waals surface area contributed by atoms with Crippen LogP contribution < -0.4 is 20.7 Å². The predicted octanol–water partition coefficient (Wildman–Crippen LogP) is 2.82. The lowest BCUT2D eigenvalue weighted by atomic mass is 10.1. The second kappa shape index (κ2) is 13.8. The number of hydrogen-bond acceptors (Lipinski definition) is 4. The molecule has 7 nitrogen and oxygen atoms in total. The molecule has 0 radical (unpaired) electrons. The molecule has 0 aliphatic carbocycles. The highest BCUT2D eigenvalue weighted by Crippen LogP contribution is 2.25. The molecule has 1 aliphatic heterocycles. The van der Waals surface area contributed by atoms with Crippen LogP contribution >= 0.6 is 35.6 Å². The number of aliphatic imine (C=N–C) groups is 1. The van der Waals surface area contributed by atoms with Crippen molar-refractivity contribution < 1.29 is 18.3 Å². The molecule has 1 amide bonds. The summed E-state index contributed by atoms with van der Waals surface area (Å²) in [6, 6.07) is 4.71. The number of nitrogens with zero attached hydrogens (tertiary/aromatic N) is 2. The quantitative estimate of drug-likeness (QED) is 0.259. The number of likely N-dealkylation sites (tertiary alicyclic amines) is 1.